The van der Waals surface area contributed by atoms with Crippen LogP contribution >= 0.6 is 0 Å². The molecular formula is C15H20N2O3S. The number of hydrogen-bond donors (Lipinski definition) is 2. The van der Waals surface area contributed by atoms with Crippen molar-refractivity contribution in [2.24, 2.45) is 0 Å². The first kappa shape index (κ1) is 15.8. The summed E-state index contributed by atoms with van der Waals surface area (Å²) in [5, 5.41) is 3.20. The minimum atomic E-state index is -3.50. The first-order valence-electron chi connectivity index (χ1n) is 6.80. The molecule has 5 nitrogen and oxygen atoms in total. The lowest BCUT2D eigenvalue weighted by Gasteiger charge is -2.06. The summed E-state index contributed by atoms with van der Waals surface area (Å²) in [6.45, 7) is 3.40. The Morgan fingerprint density at radius 3 is 2.62 bits per heavy atom. The monoisotopic (exact) mass is 308 g/mol. The fourth-order valence-corrected chi connectivity index (χ4v) is 2.69. The fraction of sp³-hybridized carbons (Fsp3) is 0.333. The van der Waals surface area contributed by atoms with Gasteiger partial charge in [0.1, 0.15) is 5.76 Å². The summed E-state index contributed by atoms with van der Waals surface area (Å²) in [6.07, 6.45) is 0.926. The molecule has 0 amide bonds. The lowest BCUT2D eigenvalue weighted by Crippen LogP contribution is -2.18. The largest absolute Gasteiger partial charge is 0.447 e. The van der Waals surface area contributed by atoms with Crippen LogP contribution in [0.4, 0.5) is 0 Å². The van der Waals surface area contributed by atoms with Crippen LogP contribution in [-0.4, -0.2) is 22.0 Å². The van der Waals surface area contributed by atoms with Gasteiger partial charge in [0.05, 0.1) is 6.54 Å². The molecule has 1 aromatic heterocycles. The van der Waals surface area contributed by atoms with E-state index in [1.54, 1.807) is 6.07 Å². The topological polar surface area (TPSA) is 71.3 Å². The second-order valence-corrected chi connectivity index (χ2v) is 6.60. The molecule has 0 aliphatic carbocycles. The molecule has 0 unspecified atom stereocenters. The maximum atomic E-state index is 11.5. The highest BCUT2D eigenvalue weighted by atomic mass is 32.2. The van der Waals surface area contributed by atoms with Crippen LogP contribution in [-0.2, 0) is 23.0 Å². The van der Waals surface area contributed by atoms with Crippen LogP contribution in [0, 0.1) is 6.92 Å². The van der Waals surface area contributed by atoms with E-state index in [1.165, 1.54) is 24.2 Å². The van der Waals surface area contributed by atoms with Crippen molar-refractivity contribution in [1.29, 1.82) is 0 Å². The van der Waals surface area contributed by atoms with Crippen LogP contribution < -0.4 is 10.0 Å². The molecule has 1 heterocycles. The summed E-state index contributed by atoms with van der Waals surface area (Å²) in [7, 11) is -2.14. The molecular weight excluding hydrogens is 288 g/mol. The summed E-state index contributed by atoms with van der Waals surface area (Å²) in [5.41, 5.74) is 2.59. The quantitative estimate of drug-likeness (QED) is 0.766. The maximum Gasteiger partial charge on any atom is 0.273 e. The number of furan rings is 1. The summed E-state index contributed by atoms with van der Waals surface area (Å²) in [5.74, 6) is 0.605. The highest BCUT2D eigenvalue weighted by Gasteiger charge is 2.15. The Bertz CT molecular complexity index is 692. The molecule has 1 aromatic carbocycles. The second-order valence-electron chi connectivity index (χ2n) is 4.78. The van der Waals surface area contributed by atoms with Gasteiger partial charge in [-0.2, -0.15) is 0 Å². The molecule has 2 aromatic rings. The summed E-state index contributed by atoms with van der Waals surface area (Å²) in [4.78, 5) is 0. The third-order valence-corrected chi connectivity index (χ3v) is 4.59. The SMILES string of the molecule is CNS(=O)(=O)c1ccc(CNCCc2ccccc2C)o1. The summed E-state index contributed by atoms with van der Waals surface area (Å²) < 4.78 is 30.6. The van der Waals surface area contributed by atoms with Gasteiger partial charge in [-0.15, -0.1) is 0 Å². The van der Waals surface area contributed by atoms with Gasteiger partial charge in [0.15, 0.2) is 0 Å². The molecule has 0 radical (unpaired) electrons. The minimum absolute atomic E-state index is 0.0549. The first-order chi connectivity index (χ1) is 10.0. The van der Waals surface area contributed by atoms with Crippen LogP contribution in [0.15, 0.2) is 45.9 Å². The molecule has 0 saturated carbocycles. The predicted octanol–water partition coefficient (Wildman–Crippen LogP) is 1.83. The molecule has 2 rings (SSSR count). The van der Waals surface area contributed by atoms with Gasteiger partial charge in [0.25, 0.3) is 10.0 Å². The van der Waals surface area contributed by atoms with Crippen LogP contribution in [0.3, 0.4) is 0 Å². The predicted molar refractivity (Wildman–Crippen MR) is 81.5 cm³/mol. The second kappa shape index (κ2) is 6.89. The lowest BCUT2D eigenvalue weighted by molar-refractivity contribution is 0.401. The molecule has 6 heteroatoms. The molecule has 0 bridgehead atoms. The van der Waals surface area contributed by atoms with E-state index in [4.69, 9.17) is 4.42 Å². The number of nitrogens with one attached hydrogen (secondary N) is 2. The van der Waals surface area contributed by atoms with Crippen molar-refractivity contribution >= 4 is 10.0 Å². The van der Waals surface area contributed by atoms with E-state index in [2.05, 4.69) is 29.1 Å². The van der Waals surface area contributed by atoms with Crippen molar-refractivity contribution in [3.8, 4) is 0 Å². The normalized spacial score (nSPS) is 11.7. The highest BCUT2D eigenvalue weighted by Crippen LogP contribution is 2.13. The maximum absolute atomic E-state index is 11.5. The molecule has 0 atom stereocenters. The summed E-state index contributed by atoms with van der Waals surface area (Å²) >= 11 is 0. The zero-order chi connectivity index (χ0) is 15.3. The van der Waals surface area contributed by atoms with Crippen molar-refractivity contribution < 1.29 is 12.8 Å². The number of aryl methyl sites for hydroxylation is 1. The minimum Gasteiger partial charge on any atom is -0.447 e. The fourth-order valence-electron chi connectivity index (χ4n) is 2.02. The van der Waals surface area contributed by atoms with E-state index in [-0.39, 0.29) is 5.09 Å². The van der Waals surface area contributed by atoms with Crippen molar-refractivity contribution in [1.82, 2.24) is 10.0 Å². The van der Waals surface area contributed by atoms with E-state index in [9.17, 15) is 8.42 Å². The number of sulfonamides is 1. The molecule has 0 saturated heterocycles. The van der Waals surface area contributed by atoms with Gasteiger partial charge in [-0.05, 0) is 50.2 Å². The van der Waals surface area contributed by atoms with E-state index >= 15 is 0 Å². The molecule has 0 spiro atoms. The standard InChI is InChI=1S/C15H20N2O3S/c1-12-5-3-4-6-13(12)9-10-17-11-14-7-8-15(20-14)21(18,19)16-2/h3-8,16-17H,9-11H2,1-2H3. The molecule has 114 valence electrons. The Morgan fingerprint density at radius 1 is 1.14 bits per heavy atom. The zero-order valence-electron chi connectivity index (χ0n) is 12.2. The van der Waals surface area contributed by atoms with E-state index in [0.717, 1.165) is 13.0 Å². The van der Waals surface area contributed by atoms with Crippen LogP contribution in [0.25, 0.3) is 0 Å². The van der Waals surface area contributed by atoms with Gasteiger partial charge in [-0.3, -0.25) is 0 Å². The Balaban J connectivity index is 1.83. The van der Waals surface area contributed by atoms with Crippen molar-refractivity contribution in [3.63, 3.8) is 0 Å². The molecule has 2 N–H and O–H groups in total. The molecule has 21 heavy (non-hydrogen) atoms. The van der Waals surface area contributed by atoms with Gasteiger partial charge in [0.2, 0.25) is 5.09 Å². The zero-order valence-corrected chi connectivity index (χ0v) is 13.0. The van der Waals surface area contributed by atoms with E-state index in [1.807, 2.05) is 12.1 Å². The lowest BCUT2D eigenvalue weighted by atomic mass is 10.1. The Kier molecular flexibility index (Phi) is 5.17. The third kappa shape index (κ3) is 4.17. The highest BCUT2D eigenvalue weighted by molar-refractivity contribution is 7.89. The van der Waals surface area contributed by atoms with Crippen molar-refractivity contribution in [2.75, 3.05) is 13.6 Å². The Labute approximate surface area is 125 Å². The van der Waals surface area contributed by atoms with Gasteiger partial charge < -0.3 is 9.73 Å². The number of hydrogen-bond acceptors (Lipinski definition) is 4. The van der Waals surface area contributed by atoms with Gasteiger partial charge in [0, 0.05) is 0 Å². The van der Waals surface area contributed by atoms with E-state index < -0.39 is 10.0 Å². The third-order valence-electron chi connectivity index (χ3n) is 3.30. The Hall–Kier alpha value is -1.63. The average Bonchev–Trinajstić information content (AvgIpc) is 2.95. The van der Waals surface area contributed by atoms with Crippen molar-refractivity contribution in [2.45, 2.75) is 25.0 Å². The number of rotatable bonds is 7. The first-order valence-corrected chi connectivity index (χ1v) is 8.29. The van der Waals surface area contributed by atoms with Crippen LogP contribution in [0.5, 0.6) is 0 Å². The number of benzene rings is 1. The molecule has 0 aliphatic rings. The average molecular weight is 308 g/mol. The van der Waals surface area contributed by atoms with Crippen LogP contribution in [0.1, 0.15) is 16.9 Å². The van der Waals surface area contributed by atoms with Crippen molar-refractivity contribution in [3.05, 3.63) is 53.3 Å². The molecule has 0 fully saturated rings. The van der Waals surface area contributed by atoms with Gasteiger partial charge in [-0.1, -0.05) is 24.3 Å². The Morgan fingerprint density at radius 2 is 1.90 bits per heavy atom. The van der Waals surface area contributed by atoms with Gasteiger partial charge in [-0.25, -0.2) is 13.1 Å². The smallest absolute Gasteiger partial charge is 0.273 e. The van der Waals surface area contributed by atoms with E-state index in [0.29, 0.717) is 12.3 Å². The molecule has 0 aliphatic heterocycles. The van der Waals surface area contributed by atoms with Crippen LogP contribution in [0.2, 0.25) is 0 Å². The summed E-state index contributed by atoms with van der Waals surface area (Å²) in [6, 6.07) is 11.4. The van der Waals surface area contributed by atoms with Gasteiger partial charge >= 0.3 is 0 Å².